The minimum absolute atomic E-state index is 0.548. The van der Waals surface area contributed by atoms with E-state index in [1.807, 2.05) is 7.05 Å². The molecule has 0 aliphatic carbocycles. The topological polar surface area (TPSA) is 55.6 Å². The van der Waals surface area contributed by atoms with Gasteiger partial charge in [-0.25, -0.2) is 4.68 Å². The number of nitrogens with one attached hydrogen (secondary N) is 1. The Morgan fingerprint density at radius 2 is 2.10 bits per heavy atom. The molecule has 20 heavy (non-hydrogen) atoms. The van der Waals surface area contributed by atoms with E-state index in [4.69, 9.17) is 0 Å². The molecule has 0 spiro atoms. The summed E-state index contributed by atoms with van der Waals surface area (Å²) in [5.74, 6) is 1.58. The fourth-order valence-corrected chi connectivity index (χ4v) is 2.71. The molecule has 2 aromatic rings. The summed E-state index contributed by atoms with van der Waals surface area (Å²) < 4.78 is 1.70. The van der Waals surface area contributed by atoms with Crippen molar-refractivity contribution in [3.8, 4) is 0 Å². The first-order valence-electron chi connectivity index (χ1n) is 6.88. The summed E-state index contributed by atoms with van der Waals surface area (Å²) in [6.07, 6.45) is 1.11. The molecule has 0 aliphatic heterocycles. The molecule has 1 heterocycles. The fraction of sp³-hybridized carbons (Fsp3) is 0.500. The maximum atomic E-state index is 3.95. The first-order chi connectivity index (χ1) is 9.77. The monoisotopic (exact) mass is 291 g/mol. The van der Waals surface area contributed by atoms with Crippen LogP contribution in [0.25, 0.3) is 0 Å². The van der Waals surface area contributed by atoms with E-state index in [0.29, 0.717) is 5.92 Å². The second-order valence-corrected chi connectivity index (χ2v) is 5.87. The van der Waals surface area contributed by atoms with Gasteiger partial charge in [-0.2, -0.15) is 0 Å². The van der Waals surface area contributed by atoms with Gasteiger partial charge in [0, 0.05) is 19.3 Å². The summed E-state index contributed by atoms with van der Waals surface area (Å²) in [7, 11) is 1.86. The van der Waals surface area contributed by atoms with Crippen LogP contribution in [-0.2, 0) is 7.05 Å². The summed E-state index contributed by atoms with van der Waals surface area (Å²) in [6, 6.07) is 10.6. The van der Waals surface area contributed by atoms with Gasteiger partial charge in [-0.1, -0.05) is 49.0 Å². The second-order valence-electron chi connectivity index (χ2n) is 4.80. The Kier molecular flexibility index (Phi) is 6.01. The van der Waals surface area contributed by atoms with Crippen molar-refractivity contribution in [3.05, 3.63) is 35.9 Å². The Balaban J connectivity index is 1.57. The number of rotatable bonds is 8. The Bertz CT molecular complexity index is 499. The molecule has 0 unspecified atom stereocenters. The lowest BCUT2D eigenvalue weighted by molar-refractivity contribution is 0.610. The third kappa shape index (κ3) is 4.61. The van der Waals surface area contributed by atoms with Crippen LogP contribution in [0.15, 0.2) is 35.5 Å². The van der Waals surface area contributed by atoms with Gasteiger partial charge in [0.1, 0.15) is 0 Å². The van der Waals surface area contributed by atoms with Gasteiger partial charge in [-0.15, -0.1) is 5.10 Å². The van der Waals surface area contributed by atoms with Crippen molar-refractivity contribution in [2.24, 2.45) is 7.05 Å². The molecule has 5 nitrogen and oxygen atoms in total. The molecule has 2 rings (SSSR count). The lowest BCUT2D eigenvalue weighted by Gasteiger charge is -2.12. The van der Waals surface area contributed by atoms with E-state index in [2.05, 4.69) is 58.1 Å². The number of aryl methyl sites for hydroxylation is 1. The highest BCUT2D eigenvalue weighted by atomic mass is 32.2. The smallest absolute Gasteiger partial charge is 0.209 e. The van der Waals surface area contributed by atoms with Crippen LogP contribution in [-0.4, -0.2) is 39.0 Å². The van der Waals surface area contributed by atoms with Crippen LogP contribution >= 0.6 is 11.8 Å². The third-order valence-electron chi connectivity index (χ3n) is 3.13. The van der Waals surface area contributed by atoms with Crippen LogP contribution in [0.1, 0.15) is 24.8 Å². The summed E-state index contributed by atoms with van der Waals surface area (Å²) in [5.41, 5.74) is 1.39. The number of benzene rings is 1. The Morgan fingerprint density at radius 1 is 1.30 bits per heavy atom. The number of nitrogens with zero attached hydrogens (tertiary/aromatic N) is 4. The molecule has 1 atom stereocenters. The minimum Gasteiger partial charge on any atom is -0.316 e. The number of hydrogen-bond acceptors (Lipinski definition) is 5. The van der Waals surface area contributed by atoms with Gasteiger partial charge in [-0.3, -0.25) is 0 Å². The van der Waals surface area contributed by atoms with Crippen molar-refractivity contribution < 1.29 is 0 Å². The van der Waals surface area contributed by atoms with E-state index in [-0.39, 0.29) is 0 Å². The molecule has 0 fully saturated rings. The average molecular weight is 291 g/mol. The summed E-state index contributed by atoms with van der Waals surface area (Å²) in [4.78, 5) is 0. The maximum Gasteiger partial charge on any atom is 0.209 e. The maximum absolute atomic E-state index is 3.95. The van der Waals surface area contributed by atoms with E-state index in [0.717, 1.165) is 30.4 Å². The van der Waals surface area contributed by atoms with Gasteiger partial charge in [0.05, 0.1) is 0 Å². The SMILES string of the molecule is C[C@@H](CNCCCSc1nnnn1C)c1ccccc1. The largest absolute Gasteiger partial charge is 0.316 e. The van der Waals surface area contributed by atoms with Gasteiger partial charge < -0.3 is 5.32 Å². The van der Waals surface area contributed by atoms with Crippen LogP contribution in [0.3, 0.4) is 0 Å². The normalized spacial score (nSPS) is 12.5. The van der Waals surface area contributed by atoms with Gasteiger partial charge in [0.15, 0.2) is 0 Å². The van der Waals surface area contributed by atoms with Gasteiger partial charge >= 0.3 is 0 Å². The zero-order chi connectivity index (χ0) is 14.2. The standard InChI is InChI=1S/C14H21N5S/c1-12(13-7-4-3-5-8-13)11-15-9-6-10-20-14-16-17-18-19(14)2/h3-5,7-8,12,15H,6,9-11H2,1-2H3/t12-/m0/s1. The molecule has 0 aliphatic rings. The van der Waals surface area contributed by atoms with E-state index in [9.17, 15) is 0 Å². The molecule has 108 valence electrons. The second kappa shape index (κ2) is 8.01. The lowest BCUT2D eigenvalue weighted by Crippen LogP contribution is -2.21. The van der Waals surface area contributed by atoms with E-state index < -0.39 is 0 Å². The van der Waals surface area contributed by atoms with Crippen molar-refractivity contribution in [2.45, 2.75) is 24.4 Å². The number of aromatic nitrogens is 4. The van der Waals surface area contributed by atoms with Crippen molar-refractivity contribution in [3.63, 3.8) is 0 Å². The van der Waals surface area contributed by atoms with Crippen LogP contribution in [0.2, 0.25) is 0 Å². The molecule has 0 saturated carbocycles. The molecule has 1 aromatic heterocycles. The molecule has 0 bridgehead atoms. The quantitative estimate of drug-likeness (QED) is 0.596. The van der Waals surface area contributed by atoms with Crippen LogP contribution < -0.4 is 5.32 Å². The van der Waals surface area contributed by atoms with Crippen LogP contribution in [0, 0.1) is 0 Å². The highest BCUT2D eigenvalue weighted by Crippen LogP contribution is 2.14. The number of tetrazole rings is 1. The van der Waals surface area contributed by atoms with E-state index >= 15 is 0 Å². The molecule has 6 heteroatoms. The Hall–Kier alpha value is -1.40. The third-order valence-corrected chi connectivity index (χ3v) is 4.23. The van der Waals surface area contributed by atoms with Gasteiger partial charge in [0.2, 0.25) is 5.16 Å². The zero-order valence-electron chi connectivity index (χ0n) is 12.0. The van der Waals surface area contributed by atoms with Crippen LogP contribution in [0.5, 0.6) is 0 Å². The molecule has 1 aromatic carbocycles. The first-order valence-corrected chi connectivity index (χ1v) is 7.86. The van der Waals surface area contributed by atoms with E-state index in [1.165, 1.54) is 5.56 Å². The highest BCUT2D eigenvalue weighted by molar-refractivity contribution is 7.99. The zero-order valence-corrected chi connectivity index (χ0v) is 12.8. The van der Waals surface area contributed by atoms with Crippen molar-refractivity contribution in [2.75, 3.05) is 18.8 Å². The van der Waals surface area contributed by atoms with Crippen molar-refractivity contribution in [1.29, 1.82) is 0 Å². The molecular weight excluding hydrogens is 270 g/mol. The number of hydrogen-bond donors (Lipinski definition) is 1. The Labute approximate surface area is 124 Å². The molecule has 0 amide bonds. The van der Waals surface area contributed by atoms with Crippen LogP contribution in [0.4, 0.5) is 0 Å². The van der Waals surface area contributed by atoms with Crippen molar-refractivity contribution >= 4 is 11.8 Å². The van der Waals surface area contributed by atoms with E-state index in [1.54, 1.807) is 16.4 Å². The predicted octanol–water partition coefficient (Wildman–Crippen LogP) is 2.09. The van der Waals surface area contributed by atoms with Gasteiger partial charge in [0.25, 0.3) is 0 Å². The van der Waals surface area contributed by atoms with Crippen molar-refractivity contribution in [1.82, 2.24) is 25.5 Å². The average Bonchev–Trinajstić information content (AvgIpc) is 2.89. The first kappa shape index (κ1) is 15.0. The number of thioether (sulfide) groups is 1. The van der Waals surface area contributed by atoms with Gasteiger partial charge in [-0.05, 0) is 34.9 Å². The highest BCUT2D eigenvalue weighted by Gasteiger charge is 2.04. The lowest BCUT2D eigenvalue weighted by atomic mass is 10.0. The summed E-state index contributed by atoms with van der Waals surface area (Å²) in [5, 5.41) is 15.8. The summed E-state index contributed by atoms with van der Waals surface area (Å²) >= 11 is 1.70. The summed E-state index contributed by atoms with van der Waals surface area (Å²) in [6.45, 7) is 4.29. The Morgan fingerprint density at radius 3 is 2.80 bits per heavy atom. The predicted molar refractivity (Wildman–Crippen MR) is 81.9 cm³/mol. The molecule has 0 saturated heterocycles. The fourth-order valence-electron chi connectivity index (χ4n) is 1.92. The molecular formula is C14H21N5S. The molecule has 0 radical (unpaired) electrons. The minimum atomic E-state index is 0.548. The molecule has 1 N–H and O–H groups in total.